The Kier molecular flexibility index (Phi) is 7.54. The molecule has 2 N–H and O–H groups in total. The van der Waals surface area contributed by atoms with Crippen LogP contribution in [0.4, 0.5) is 22.7 Å². The highest BCUT2D eigenvalue weighted by Gasteiger charge is 2.23. The monoisotopic (exact) mass is 888 g/mol. The molecule has 8 aromatic carbocycles. The second-order valence-corrected chi connectivity index (χ2v) is 18.4. The van der Waals surface area contributed by atoms with Crippen molar-refractivity contribution in [2.24, 2.45) is 0 Å². The van der Waals surface area contributed by atoms with Gasteiger partial charge in [0, 0.05) is 55.6 Å². The summed E-state index contributed by atoms with van der Waals surface area (Å²) >= 11 is 0. The number of para-hydroxylation sites is 4. The number of fused-ring (bicyclic) bond motifs is 3. The van der Waals surface area contributed by atoms with Crippen molar-refractivity contribution < 1.29 is 25.3 Å². The Hall–Kier alpha value is -7.89. The van der Waals surface area contributed by atoms with Crippen LogP contribution in [0.2, 0.25) is 0 Å². The third kappa shape index (κ3) is 8.81. The summed E-state index contributed by atoms with van der Waals surface area (Å²) in [6.07, 6.45) is -0.700. The van der Waals surface area contributed by atoms with Crippen LogP contribution >= 0.6 is 0 Å². The van der Waals surface area contributed by atoms with E-state index in [1.54, 1.807) is 47.0 Å². The van der Waals surface area contributed by atoms with Gasteiger partial charge in [0.2, 0.25) is 0 Å². The minimum Gasteiger partial charge on any atom is -0.457 e. The highest BCUT2D eigenvalue weighted by Crippen LogP contribution is 2.44. The Morgan fingerprint density at radius 1 is 0.537 bits per heavy atom. The molecule has 0 atom stereocenters. The van der Waals surface area contributed by atoms with Crippen LogP contribution in [-0.2, 0) is 10.8 Å². The first-order valence-electron chi connectivity index (χ1n) is 29.5. The van der Waals surface area contributed by atoms with Gasteiger partial charge in [0.15, 0.2) is 0 Å². The molecule has 0 saturated carbocycles. The summed E-state index contributed by atoms with van der Waals surface area (Å²) in [7, 11) is 0. The summed E-state index contributed by atoms with van der Waals surface area (Å²) in [5.74, 6) is 0.535. The van der Waals surface area contributed by atoms with Gasteiger partial charge >= 0.3 is 0 Å². The molecule has 10 aromatic rings. The van der Waals surface area contributed by atoms with Gasteiger partial charge in [0.25, 0.3) is 0 Å². The van der Waals surface area contributed by atoms with E-state index in [0.29, 0.717) is 56.2 Å². The van der Waals surface area contributed by atoms with Crippen LogP contribution in [-0.4, -0.2) is 9.55 Å². The van der Waals surface area contributed by atoms with E-state index in [9.17, 15) is 1.37 Å². The topological polar surface area (TPSA) is 51.1 Å². The molecule has 0 fully saturated rings. The zero-order chi connectivity index (χ0) is 59.2. The van der Waals surface area contributed by atoms with Gasteiger partial charge in [-0.15, -0.1) is 0 Å². The van der Waals surface area contributed by atoms with Crippen LogP contribution < -0.4 is 15.4 Å². The summed E-state index contributed by atoms with van der Waals surface area (Å²) in [6.45, 7) is 9.85. The number of aromatic nitrogens is 2. The maximum Gasteiger partial charge on any atom is 0.137 e. The molecule has 330 valence electrons. The van der Waals surface area contributed by atoms with E-state index in [0.717, 1.165) is 27.6 Å². The molecule has 0 saturated heterocycles. The molecule has 0 unspecified atom stereocenters. The predicted molar refractivity (Wildman–Crippen MR) is 283 cm³/mol. The standard InChI is InChI=1S/C62H56N4O/c1-41-34-59(63-40-54(41)43-22-12-9-13-23-43)66-57-31-17-14-26-52(57)53-33-32-49(39-58(53)66)67-48-25-18-24-47(38-48)64-55-29-15-16-30-56(55)65-60-50(42-20-10-8-11-21-42)27-19-28-51(60)44-35-45(61(2,3)4)37-46(36-44)62(5,6)7/h8-40,64-65H,1-7H3/i1D3,8D,9D,10D,11D,12D,13D,20D,21D,22D,23D,34D,40D. The molecule has 67 heavy (non-hydrogen) atoms. The van der Waals surface area contributed by atoms with E-state index in [2.05, 4.69) is 75.4 Å². The maximum absolute atomic E-state index is 9.47. The fraction of sp³-hybridized carbons (Fsp3) is 0.145. The smallest absolute Gasteiger partial charge is 0.137 e. The molecule has 10 rings (SSSR count). The first-order chi connectivity index (χ1) is 38.6. The summed E-state index contributed by atoms with van der Waals surface area (Å²) in [5, 5.41) is 8.60. The van der Waals surface area contributed by atoms with Crippen LogP contribution in [0.15, 0.2) is 200 Å². The lowest BCUT2D eigenvalue weighted by Gasteiger charge is -2.27. The highest BCUT2D eigenvalue weighted by atomic mass is 16.5. The van der Waals surface area contributed by atoms with E-state index >= 15 is 0 Å². The van der Waals surface area contributed by atoms with Gasteiger partial charge in [0.05, 0.1) is 44.5 Å². The molecule has 0 spiro atoms. The zero-order valence-corrected chi connectivity index (χ0v) is 37.9. The van der Waals surface area contributed by atoms with Crippen molar-refractivity contribution in [1.82, 2.24) is 9.55 Å². The third-order valence-electron chi connectivity index (χ3n) is 11.7. The quantitative estimate of drug-likeness (QED) is 0.144. The summed E-state index contributed by atoms with van der Waals surface area (Å²) in [6, 6.07) is 33.1. The first-order valence-corrected chi connectivity index (χ1v) is 22.0. The Morgan fingerprint density at radius 3 is 1.82 bits per heavy atom. The number of ether oxygens (including phenoxy) is 1. The van der Waals surface area contributed by atoms with Crippen molar-refractivity contribution in [3.05, 3.63) is 217 Å². The average molecular weight is 888 g/mol. The van der Waals surface area contributed by atoms with E-state index in [4.69, 9.17) is 23.9 Å². The largest absolute Gasteiger partial charge is 0.457 e. The molecular weight excluding hydrogens is 817 g/mol. The molecular formula is C62H56N4O. The third-order valence-corrected chi connectivity index (χ3v) is 11.7. The first kappa shape index (κ1) is 28.9. The second-order valence-electron chi connectivity index (χ2n) is 18.4. The number of nitrogens with zero attached hydrogens (tertiary/aromatic N) is 2. The Labute approximate surface area is 415 Å². The normalized spacial score (nSPS) is 15.2. The molecule has 0 aliphatic rings. The highest BCUT2D eigenvalue weighted by molar-refractivity contribution is 6.09. The van der Waals surface area contributed by atoms with E-state index in [1.165, 1.54) is 0 Å². The van der Waals surface area contributed by atoms with Crippen molar-refractivity contribution in [1.29, 1.82) is 0 Å². The van der Waals surface area contributed by atoms with Gasteiger partial charge in [0.1, 0.15) is 17.3 Å². The van der Waals surface area contributed by atoms with Crippen molar-refractivity contribution >= 4 is 44.6 Å². The number of nitrogens with one attached hydrogen (secondary N) is 2. The van der Waals surface area contributed by atoms with Gasteiger partial charge in [-0.05, 0) is 99.6 Å². The fourth-order valence-electron chi connectivity index (χ4n) is 8.21. The van der Waals surface area contributed by atoms with Crippen molar-refractivity contribution in [2.45, 2.75) is 59.2 Å². The summed E-state index contributed by atoms with van der Waals surface area (Å²) in [4.78, 5) is 4.47. The molecule has 5 heteroatoms. The number of rotatable bonds is 10. The summed E-state index contributed by atoms with van der Waals surface area (Å²) < 4.78 is 138. The lowest BCUT2D eigenvalue weighted by atomic mass is 9.78. The second kappa shape index (κ2) is 17.5. The van der Waals surface area contributed by atoms with Crippen LogP contribution in [0, 0.1) is 6.85 Å². The average Bonchev–Trinajstić information content (AvgIpc) is 2.93. The summed E-state index contributed by atoms with van der Waals surface area (Å²) in [5.41, 5.74) is 5.43. The van der Waals surface area contributed by atoms with Crippen LogP contribution in [0.1, 0.15) is 78.8 Å². The number of benzene rings is 8. The number of pyridine rings is 1. The molecule has 0 aliphatic carbocycles. The fourth-order valence-corrected chi connectivity index (χ4v) is 8.21. The molecule has 0 aliphatic heterocycles. The van der Waals surface area contributed by atoms with E-state index in [1.807, 2.05) is 66.7 Å². The Bertz CT molecular complexity index is 4160. The van der Waals surface area contributed by atoms with Gasteiger partial charge in [-0.1, -0.05) is 175 Å². The molecule has 0 amide bonds. The molecule has 0 radical (unpaired) electrons. The predicted octanol–water partition coefficient (Wildman–Crippen LogP) is 17.4. The Morgan fingerprint density at radius 2 is 1.13 bits per heavy atom. The minimum absolute atomic E-state index is 0.0511. The van der Waals surface area contributed by atoms with Crippen molar-refractivity contribution in [3.8, 4) is 50.7 Å². The molecule has 5 nitrogen and oxygen atoms in total. The number of anilines is 4. The number of hydrogen-bond donors (Lipinski definition) is 2. The maximum atomic E-state index is 9.47. The van der Waals surface area contributed by atoms with Crippen LogP contribution in [0.3, 0.4) is 0 Å². The number of hydrogen-bond acceptors (Lipinski definition) is 4. The Balaban J connectivity index is 1.05. The SMILES string of the molecule is [2H]c1nc(-n2c3ccccc3c3ccc(Oc4cccc(Nc5ccccc5Nc5c(-c6cc(C(C)(C)C)cc(C(C)(C)C)c6)cccc5-c5c([2H])c([2H])c([2H])c([2H])c5[2H])c4)cc32)c([2H])c(C([2H])([2H])[2H])c1-c1c([2H])c([2H])c([2H])c([2H])c1[2H]. The van der Waals surface area contributed by atoms with Crippen molar-refractivity contribution in [2.75, 3.05) is 10.6 Å². The van der Waals surface area contributed by atoms with E-state index < -0.39 is 84.1 Å². The van der Waals surface area contributed by atoms with Gasteiger partial charge in [-0.25, -0.2) is 4.98 Å². The molecule has 2 heterocycles. The van der Waals surface area contributed by atoms with Crippen LogP contribution in [0.25, 0.3) is 61.0 Å². The van der Waals surface area contributed by atoms with Gasteiger partial charge < -0.3 is 15.4 Å². The minimum atomic E-state index is -3.10. The van der Waals surface area contributed by atoms with E-state index in [-0.39, 0.29) is 34.3 Å². The zero-order valence-electron chi connectivity index (χ0n) is 52.9. The van der Waals surface area contributed by atoms with Gasteiger partial charge in [-0.3, -0.25) is 4.57 Å². The lowest BCUT2D eigenvalue weighted by Crippen LogP contribution is -2.16. The van der Waals surface area contributed by atoms with Crippen molar-refractivity contribution in [3.63, 3.8) is 0 Å². The molecule has 2 aromatic heterocycles. The van der Waals surface area contributed by atoms with Gasteiger partial charge in [-0.2, -0.15) is 0 Å². The lowest BCUT2D eigenvalue weighted by molar-refractivity contribution is 0.483. The van der Waals surface area contributed by atoms with Crippen LogP contribution in [0.5, 0.6) is 11.5 Å². The molecule has 0 bridgehead atoms.